The van der Waals surface area contributed by atoms with E-state index in [1.54, 1.807) is 14.2 Å². The molecule has 2 atom stereocenters. The number of hydrogen-bond donors (Lipinski definition) is 3. The molecule has 0 radical (unpaired) electrons. The molecule has 0 aliphatic heterocycles. The standard InChI is InChI=1S/C15H19NO3/c1-16-9-12(17)15(18)14-11-6-4-3-5-10(11)7-8-13(14)19-2/h3-8,12,15-18H,9H2,1-2H3. The summed E-state index contributed by atoms with van der Waals surface area (Å²) >= 11 is 0. The molecule has 4 nitrogen and oxygen atoms in total. The summed E-state index contributed by atoms with van der Waals surface area (Å²) in [5.41, 5.74) is 0.628. The van der Waals surface area contributed by atoms with Crippen LogP contribution in [-0.4, -0.2) is 37.0 Å². The molecule has 0 saturated heterocycles. The highest BCUT2D eigenvalue weighted by Gasteiger charge is 2.23. The van der Waals surface area contributed by atoms with E-state index in [-0.39, 0.29) is 0 Å². The Morgan fingerprint density at radius 2 is 1.89 bits per heavy atom. The van der Waals surface area contributed by atoms with Crippen LogP contribution in [0.3, 0.4) is 0 Å². The van der Waals surface area contributed by atoms with Crippen molar-refractivity contribution in [1.82, 2.24) is 5.32 Å². The van der Waals surface area contributed by atoms with Crippen molar-refractivity contribution in [1.29, 1.82) is 0 Å². The first-order valence-corrected chi connectivity index (χ1v) is 6.25. The summed E-state index contributed by atoms with van der Waals surface area (Å²) in [5.74, 6) is 0.585. The molecule has 2 aromatic rings. The van der Waals surface area contributed by atoms with Crippen LogP contribution in [0.1, 0.15) is 11.7 Å². The van der Waals surface area contributed by atoms with Gasteiger partial charge >= 0.3 is 0 Å². The lowest BCUT2D eigenvalue weighted by Gasteiger charge is -2.21. The van der Waals surface area contributed by atoms with Gasteiger partial charge in [-0.15, -0.1) is 0 Å². The maximum Gasteiger partial charge on any atom is 0.125 e. The molecule has 102 valence electrons. The molecule has 4 heteroatoms. The highest BCUT2D eigenvalue weighted by molar-refractivity contribution is 5.88. The number of aliphatic hydroxyl groups excluding tert-OH is 2. The summed E-state index contributed by atoms with van der Waals surface area (Å²) in [5, 5.41) is 25.1. The summed E-state index contributed by atoms with van der Waals surface area (Å²) in [6.07, 6.45) is -1.88. The minimum atomic E-state index is -0.992. The molecule has 19 heavy (non-hydrogen) atoms. The van der Waals surface area contributed by atoms with Gasteiger partial charge in [0, 0.05) is 12.1 Å². The van der Waals surface area contributed by atoms with Crippen LogP contribution in [-0.2, 0) is 0 Å². The van der Waals surface area contributed by atoms with Crippen LogP contribution in [0.25, 0.3) is 10.8 Å². The molecular formula is C15H19NO3. The summed E-state index contributed by atoms with van der Waals surface area (Å²) in [7, 11) is 3.29. The maximum absolute atomic E-state index is 10.4. The van der Waals surface area contributed by atoms with Crippen LogP contribution < -0.4 is 10.1 Å². The summed E-state index contributed by atoms with van der Waals surface area (Å²) in [6.45, 7) is 0.313. The third-order valence-electron chi connectivity index (χ3n) is 3.22. The van der Waals surface area contributed by atoms with E-state index in [0.717, 1.165) is 10.8 Å². The summed E-state index contributed by atoms with van der Waals surface area (Å²) in [6, 6.07) is 11.5. The van der Waals surface area contributed by atoms with E-state index >= 15 is 0 Å². The van der Waals surface area contributed by atoms with Gasteiger partial charge in [0.05, 0.1) is 13.2 Å². The van der Waals surface area contributed by atoms with E-state index in [1.165, 1.54) is 0 Å². The second-order valence-corrected chi connectivity index (χ2v) is 4.47. The summed E-state index contributed by atoms with van der Waals surface area (Å²) < 4.78 is 5.31. The van der Waals surface area contributed by atoms with Crippen LogP contribution in [0.4, 0.5) is 0 Å². The van der Waals surface area contributed by atoms with Gasteiger partial charge in [0.1, 0.15) is 11.9 Å². The Morgan fingerprint density at radius 1 is 1.16 bits per heavy atom. The molecule has 0 heterocycles. The first-order valence-electron chi connectivity index (χ1n) is 6.25. The molecule has 0 aliphatic rings. The lowest BCUT2D eigenvalue weighted by molar-refractivity contribution is 0.0198. The first kappa shape index (κ1) is 13.8. The topological polar surface area (TPSA) is 61.7 Å². The molecule has 2 unspecified atom stereocenters. The largest absolute Gasteiger partial charge is 0.496 e. The zero-order valence-electron chi connectivity index (χ0n) is 11.1. The van der Waals surface area contributed by atoms with Gasteiger partial charge in [-0.3, -0.25) is 0 Å². The molecule has 0 bridgehead atoms. The monoisotopic (exact) mass is 261 g/mol. The number of fused-ring (bicyclic) bond motifs is 1. The van der Waals surface area contributed by atoms with Gasteiger partial charge < -0.3 is 20.3 Å². The number of likely N-dealkylation sites (N-methyl/N-ethyl adjacent to an activating group) is 1. The number of hydrogen-bond acceptors (Lipinski definition) is 4. The van der Waals surface area contributed by atoms with Gasteiger partial charge in [0.15, 0.2) is 0 Å². The normalized spacial score (nSPS) is 14.3. The Hall–Kier alpha value is -1.62. The highest BCUT2D eigenvalue weighted by atomic mass is 16.5. The van der Waals surface area contributed by atoms with Crippen molar-refractivity contribution in [2.24, 2.45) is 0 Å². The number of benzene rings is 2. The predicted octanol–water partition coefficient (Wildman–Crippen LogP) is 1.46. The quantitative estimate of drug-likeness (QED) is 0.762. The fourth-order valence-corrected chi connectivity index (χ4v) is 2.27. The zero-order chi connectivity index (χ0) is 13.8. The van der Waals surface area contributed by atoms with Crippen LogP contribution in [0.2, 0.25) is 0 Å². The van der Waals surface area contributed by atoms with E-state index < -0.39 is 12.2 Å². The molecule has 3 N–H and O–H groups in total. The molecular weight excluding hydrogens is 242 g/mol. The SMILES string of the molecule is CNCC(O)C(O)c1c(OC)ccc2ccccc12. The predicted molar refractivity (Wildman–Crippen MR) is 75.4 cm³/mol. The van der Waals surface area contributed by atoms with Gasteiger partial charge in [0.25, 0.3) is 0 Å². The maximum atomic E-state index is 10.4. The van der Waals surface area contributed by atoms with E-state index in [4.69, 9.17) is 4.74 Å². The second-order valence-electron chi connectivity index (χ2n) is 4.47. The number of nitrogens with one attached hydrogen (secondary N) is 1. The smallest absolute Gasteiger partial charge is 0.125 e. The first-order chi connectivity index (χ1) is 9.19. The van der Waals surface area contributed by atoms with Gasteiger partial charge in [-0.25, -0.2) is 0 Å². The third kappa shape index (κ3) is 2.71. The molecule has 0 saturated carbocycles. The van der Waals surface area contributed by atoms with E-state index in [9.17, 15) is 10.2 Å². The Morgan fingerprint density at radius 3 is 2.58 bits per heavy atom. The molecule has 0 amide bonds. The lowest BCUT2D eigenvalue weighted by Crippen LogP contribution is -2.29. The van der Waals surface area contributed by atoms with Crippen LogP contribution in [0, 0.1) is 0 Å². The van der Waals surface area contributed by atoms with E-state index in [2.05, 4.69) is 5.32 Å². The number of rotatable bonds is 5. The van der Waals surface area contributed by atoms with Crippen molar-refractivity contribution in [3.8, 4) is 5.75 Å². The molecule has 0 aromatic heterocycles. The van der Waals surface area contributed by atoms with Gasteiger partial charge in [0.2, 0.25) is 0 Å². The Labute approximate surface area is 112 Å². The minimum Gasteiger partial charge on any atom is -0.496 e. The van der Waals surface area contributed by atoms with Gasteiger partial charge in [-0.2, -0.15) is 0 Å². The third-order valence-corrected chi connectivity index (χ3v) is 3.22. The minimum absolute atomic E-state index is 0.313. The van der Waals surface area contributed by atoms with Crippen molar-refractivity contribution in [3.05, 3.63) is 42.0 Å². The summed E-state index contributed by atoms with van der Waals surface area (Å²) in [4.78, 5) is 0. The number of methoxy groups -OCH3 is 1. The lowest BCUT2D eigenvalue weighted by atomic mass is 9.96. The Balaban J connectivity index is 2.55. The molecule has 0 spiro atoms. The van der Waals surface area contributed by atoms with Gasteiger partial charge in [-0.05, 0) is 23.9 Å². The van der Waals surface area contributed by atoms with E-state index in [1.807, 2.05) is 36.4 Å². The van der Waals surface area contributed by atoms with Crippen LogP contribution in [0.15, 0.2) is 36.4 Å². The Kier molecular flexibility index (Phi) is 4.37. The van der Waals surface area contributed by atoms with Crippen molar-refractivity contribution in [2.75, 3.05) is 20.7 Å². The zero-order valence-corrected chi connectivity index (χ0v) is 11.1. The molecule has 2 rings (SSSR count). The fourth-order valence-electron chi connectivity index (χ4n) is 2.27. The average molecular weight is 261 g/mol. The van der Waals surface area contributed by atoms with Crippen molar-refractivity contribution in [3.63, 3.8) is 0 Å². The van der Waals surface area contributed by atoms with Crippen LogP contribution >= 0.6 is 0 Å². The van der Waals surface area contributed by atoms with Gasteiger partial charge in [-0.1, -0.05) is 30.3 Å². The van der Waals surface area contributed by atoms with Crippen molar-refractivity contribution >= 4 is 10.8 Å². The molecule has 0 fully saturated rings. The second kappa shape index (κ2) is 6.02. The van der Waals surface area contributed by atoms with Crippen LogP contribution in [0.5, 0.6) is 5.75 Å². The van der Waals surface area contributed by atoms with E-state index in [0.29, 0.717) is 17.9 Å². The number of aliphatic hydroxyl groups is 2. The highest BCUT2D eigenvalue weighted by Crippen LogP contribution is 2.34. The molecule has 0 aliphatic carbocycles. The Bertz CT molecular complexity index is 556. The van der Waals surface area contributed by atoms with Crippen molar-refractivity contribution < 1.29 is 14.9 Å². The molecule has 2 aromatic carbocycles. The fraction of sp³-hybridized carbons (Fsp3) is 0.333. The average Bonchev–Trinajstić information content (AvgIpc) is 2.45. The van der Waals surface area contributed by atoms with Crippen molar-refractivity contribution in [2.45, 2.75) is 12.2 Å². The number of ether oxygens (including phenoxy) is 1.